The molecule has 0 bridgehead atoms. The zero-order valence-electron chi connectivity index (χ0n) is 9.97. The molecular weight excluding hydrogens is 212 g/mol. The third-order valence-electron chi connectivity index (χ3n) is 2.62. The van der Waals surface area contributed by atoms with Crippen molar-refractivity contribution in [1.29, 1.82) is 0 Å². The summed E-state index contributed by atoms with van der Waals surface area (Å²) in [6.45, 7) is 1.87. The van der Waals surface area contributed by atoms with Crippen LogP contribution in [0.25, 0.3) is 0 Å². The number of nitrogens with zero attached hydrogens (tertiary/aromatic N) is 1. The summed E-state index contributed by atoms with van der Waals surface area (Å²) in [4.78, 5) is 4.29. The van der Waals surface area contributed by atoms with E-state index in [9.17, 15) is 0 Å². The molecule has 0 unspecified atom stereocenters. The molecule has 0 saturated heterocycles. The van der Waals surface area contributed by atoms with Crippen molar-refractivity contribution in [1.82, 2.24) is 4.98 Å². The number of rotatable bonds is 5. The molecule has 0 atom stereocenters. The van der Waals surface area contributed by atoms with Gasteiger partial charge in [0, 0.05) is 11.8 Å². The van der Waals surface area contributed by atoms with E-state index in [-0.39, 0.29) is 0 Å². The predicted molar refractivity (Wildman–Crippen MR) is 66.6 cm³/mol. The molecule has 0 aliphatic carbocycles. The fourth-order valence-electron chi connectivity index (χ4n) is 1.67. The van der Waals surface area contributed by atoms with Gasteiger partial charge in [-0.1, -0.05) is 6.07 Å². The molecule has 1 heterocycles. The number of methoxy groups -OCH3 is 1. The van der Waals surface area contributed by atoms with Crippen LogP contribution in [0.3, 0.4) is 0 Å². The molecule has 0 aliphatic rings. The molecule has 2 rings (SSSR count). The zero-order valence-corrected chi connectivity index (χ0v) is 9.97. The molecule has 0 amide bonds. The van der Waals surface area contributed by atoms with Crippen molar-refractivity contribution in [3.63, 3.8) is 0 Å². The summed E-state index contributed by atoms with van der Waals surface area (Å²) in [6.07, 6.45) is 1.83. The highest BCUT2D eigenvalue weighted by Gasteiger charge is 1.98. The van der Waals surface area contributed by atoms with Crippen LogP contribution in [-0.2, 0) is 13.1 Å². The number of pyridine rings is 1. The molecule has 0 fully saturated rings. The van der Waals surface area contributed by atoms with Gasteiger partial charge >= 0.3 is 0 Å². The van der Waals surface area contributed by atoms with Gasteiger partial charge in [-0.15, -0.1) is 0 Å². The zero-order chi connectivity index (χ0) is 11.9. The molecule has 2 aromatic rings. The molecule has 1 aromatic carbocycles. The monoisotopic (exact) mass is 229 g/mol. The average molecular weight is 229 g/mol. The second kappa shape index (κ2) is 6.01. The lowest BCUT2D eigenvalue weighted by Crippen LogP contribution is -2.80. The summed E-state index contributed by atoms with van der Waals surface area (Å²) in [5.74, 6) is 0.901. The number of ether oxygens (including phenoxy) is 1. The first-order valence-electron chi connectivity index (χ1n) is 5.73. The molecule has 0 saturated carbocycles. The summed E-state index contributed by atoms with van der Waals surface area (Å²) in [5.41, 5.74) is 2.41. The number of benzene rings is 1. The van der Waals surface area contributed by atoms with Crippen molar-refractivity contribution >= 4 is 0 Å². The highest BCUT2D eigenvalue weighted by Crippen LogP contribution is 2.10. The number of nitrogens with two attached hydrogens (primary N) is 1. The number of hydrogen-bond acceptors (Lipinski definition) is 2. The lowest BCUT2D eigenvalue weighted by Gasteiger charge is -2.03. The van der Waals surface area contributed by atoms with Crippen LogP contribution >= 0.6 is 0 Å². The van der Waals surface area contributed by atoms with Gasteiger partial charge in [0.1, 0.15) is 18.8 Å². The largest absolute Gasteiger partial charge is 0.497 e. The quantitative estimate of drug-likeness (QED) is 0.840. The highest BCUT2D eigenvalue weighted by molar-refractivity contribution is 5.26. The van der Waals surface area contributed by atoms with E-state index in [0.29, 0.717) is 0 Å². The molecule has 2 N–H and O–H groups in total. The van der Waals surface area contributed by atoms with Gasteiger partial charge in [-0.2, -0.15) is 0 Å². The topological polar surface area (TPSA) is 38.7 Å². The van der Waals surface area contributed by atoms with E-state index in [2.05, 4.69) is 22.4 Å². The maximum absolute atomic E-state index is 5.12. The summed E-state index contributed by atoms with van der Waals surface area (Å²) >= 11 is 0. The van der Waals surface area contributed by atoms with Crippen molar-refractivity contribution in [2.75, 3.05) is 7.11 Å². The van der Waals surface area contributed by atoms with Gasteiger partial charge in [0.25, 0.3) is 0 Å². The molecule has 0 aliphatic heterocycles. The molecule has 1 aromatic heterocycles. The Morgan fingerprint density at radius 2 is 1.88 bits per heavy atom. The summed E-state index contributed by atoms with van der Waals surface area (Å²) < 4.78 is 5.12. The van der Waals surface area contributed by atoms with Crippen LogP contribution in [0, 0.1) is 0 Å². The lowest BCUT2D eigenvalue weighted by molar-refractivity contribution is -0.686. The number of hydrogen-bond donors (Lipinski definition) is 1. The Kier molecular flexibility index (Phi) is 4.11. The van der Waals surface area contributed by atoms with E-state index in [1.165, 1.54) is 5.56 Å². The average Bonchev–Trinajstić information content (AvgIpc) is 2.41. The van der Waals surface area contributed by atoms with E-state index in [0.717, 1.165) is 24.5 Å². The van der Waals surface area contributed by atoms with Crippen LogP contribution in [0.2, 0.25) is 0 Å². The first kappa shape index (κ1) is 11.6. The van der Waals surface area contributed by atoms with Gasteiger partial charge in [-0.25, -0.2) is 0 Å². The van der Waals surface area contributed by atoms with E-state index >= 15 is 0 Å². The Labute approximate surface area is 101 Å². The summed E-state index contributed by atoms with van der Waals surface area (Å²) in [6, 6.07) is 14.2. The van der Waals surface area contributed by atoms with Crippen molar-refractivity contribution in [2.45, 2.75) is 13.1 Å². The Morgan fingerprint density at radius 1 is 1.06 bits per heavy atom. The second-order valence-corrected chi connectivity index (χ2v) is 3.87. The van der Waals surface area contributed by atoms with Crippen LogP contribution in [0.15, 0.2) is 48.7 Å². The van der Waals surface area contributed by atoms with Crippen molar-refractivity contribution in [3.8, 4) is 5.75 Å². The third-order valence-corrected chi connectivity index (χ3v) is 2.62. The molecule has 0 radical (unpaired) electrons. The van der Waals surface area contributed by atoms with Crippen molar-refractivity contribution in [3.05, 3.63) is 59.9 Å². The van der Waals surface area contributed by atoms with E-state index < -0.39 is 0 Å². The van der Waals surface area contributed by atoms with Gasteiger partial charge in [-0.3, -0.25) is 4.98 Å². The van der Waals surface area contributed by atoms with Crippen LogP contribution in [0.4, 0.5) is 0 Å². The first-order chi connectivity index (χ1) is 8.38. The molecule has 0 spiro atoms. The fraction of sp³-hybridized carbons (Fsp3) is 0.214. The first-order valence-corrected chi connectivity index (χ1v) is 5.73. The molecule has 17 heavy (non-hydrogen) atoms. The Bertz CT molecular complexity index is 440. The van der Waals surface area contributed by atoms with Gasteiger partial charge in [0.05, 0.1) is 12.8 Å². The Hall–Kier alpha value is -1.87. The van der Waals surface area contributed by atoms with Crippen molar-refractivity contribution < 1.29 is 10.1 Å². The molecule has 3 heteroatoms. The van der Waals surface area contributed by atoms with E-state index in [4.69, 9.17) is 4.74 Å². The normalized spacial score (nSPS) is 10.2. The van der Waals surface area contributed by atoms with Crippen molar-refractivity contribution in [2.24, 2.45) is 0 Å². The molecule has 88 valence electrons. The van der Waals surface area contributed by atoms with Crippen LogP contribution < -0.4 is 10.1 Å². The third kappa shape index (κ3) is 3.57. The summed E-state index contributed by atoms with van der Waals surface area (Å²) in [5, 5.41) is 2.24. The maximum atomic E-state index is 5.12. The fourth-order valence-corrected chi connectivity index (χ4v) is 1.67. The lowest BCUT2D eigenvalue weighted by atomic mass is 10.2. The van der Waals surface area contributed by atoms with Crippen LogP contribution in [0.5, 0.6) is 5.75 Å². The minimum absolute atomic E-state index is 0.901. The number of aromatic nitrogens is 1. The van der Waals surface area contributed by atoms with Gasteiger partial charge in [-0.05, 0) is 36.4 Å². The standard InChI is InChI=1S/C14H16N2O/c1-17-14-7-5-12(6-8-14)10-15-11-13-4-2-3-9-16-13/h2-9,15H,10-11H2,1H3/p+1. The Morgan fingerprint density at radius 3 is 2.53 bits per heavy atom. The minimum atomic E-state index is 0.901. The van der Waals surface area contributed by atoms with Gasteiger partial charge in [0.2, 0.25) is 0 Å². The molecule has 3 nitrogen and oxygen atoms in total. The minimum Gasteiger partial charge on any atom is -0.497 e. The predicted octanol–water partition coefficient (Wildman–Crippen LogP) is 1.35. The second-order valence-electron chi connectivity index (χ2n) is 3.87. The molecular formula is C14H17N2O+. The smallest absolute Gasteiger partial charge is 0.119 e. The maximum Gasteiger partial charge on any atom is 0.119 e. The Balaban J connectivity index is 1.82. The van der Waals surface area contributed by atoms with Gasteiger partial charge < -0.3 is 10.1 Å². The highest BCUT2D eigenvalue weighted by atomic mass is 16.5. The van der Waals surface area contributed by atoms with Gasteiger partial charge in [0.15, 0.2) is 0 Å². The van der Waals surface area contributed by atoms with Crippen LogP contribution in [-0.4, -0.2) is 12.1 Å². The van der Waals surface area contributed by atoms with E-state index in [1.807, 2.05) is 36.5 Å². The van der Waals surface area contributed by atoms with E-state index in [1.54, 1.807) is 7.11 Å². The SMILES string of the molecule is COc1ccc(C[NH2+]Cc2ccccn2)cc1. The number of quaternary nitrogens is 1. The summed E-state index contributed by atoms with van der Waals surface area (Å²) in [7, 11) is 1.68. The van der Waals surface area contributed by atoms with Crippen LogP contribution in [0.1, 0.15) is 11.3 Å².